The van der Waals surface area contributed by atoms with Crippen molar-refractivity contribution in [2.75, 3.05) is 12.0 Å². The van der Waals surface area contributed by atoms with Crippen molar-refractivity contribution in [1.29, 1.82) is 0 Å². The topological polar surface area (TPSA) is 38.8 Å². The number of benzene rings is 3. The van der Waals surface area contributed by atoms with Gasteiger partial charge in [-0.05, 0) is 42.0 Å². The van der Waals surface area contributed by atoms with Crippen molar-refractivity contribution >= 4 is 46.0 Å². The van der Waals surface area contributed by atoms with E-state index in [-0.39, 0.29) is 18.3 Å². The van der Waals surface area contributed by atoms with Crippen LogP contribution in [0.5, 0.6) is 11.5 Å². The molecule has 1 aliphatic rings. The summed E-state index contributed by atoms with van der Waals surface area (Å²) < 4.78 is 24.9. The average molecular weight is 452 g/mol. The smallest absolute Gasteiger partial charge is 0.270 e. The van der Waals surface area contributed by atoms with Crippen LogP contribution in [0.2, 0.25) is 0 Å². The van der Waals surface area contributed by atoms with Crippen LogP contribution >= 0.6 is 24.0 Å². The summed E-state index contributed by atoms with van der Waals surface area (Å²) in [4.78, 5) is 15.1. The van der Waals surface area contributed by atoms with Gasteiger partial charge in [-0.15, -0.1) is 0 Å². The molecule has 0 N–H and O–H groups in total. The summed E-state index contributed by atoms with van der Waals surface area (Å²) in [6.45, 7) is 0.285. The van der Waals surface area contributed by atoms with Gasteiger partial charge in [-0.3, -0.25) is 9.69 Å². The second kappa shape index (κ2) is 9.32. The van der Waals surface area contributed by atoms with Gasteiger partial charge in [0.25, 0.3) is 5.91 Å². The summed E-state index contributed by atoms with van der Waals surface area (Å²) in [6, 6.07) is 20.8. The van der Waals surface area contributed by atoms with Gasteiger partial charge in [-0.1, -0.05) is 66.4 Å². The van der Waals surface area contributed by atoms with E-state index in [0.29, 0.717) is 26.4 Å². The van der Waals surface area contributed by atoms with Crippen LogP contribution in [0.1, 0.15) is 11.1 Å². The lowest BCUT2D eigenvalue weighted by molar-refractivity contribution is -0.113. The molecule has 0 spiro atoms. The van der Waals surface area contributed by atoms with E-state index in [1.165, 1.54) is 28.8 Å². The minimum Gasteiger partial charge on any atom is -0.495 e. The van der Waals surface area contributed by atoms with Gasteiger partial charge in [-0.2, -0.15) is 0 Å². The minimum atomic E-state index is -0.291. The molecule has 7 heteroatoms. The van der Waals surface area contributed by atoms with Crippen LogP contribution in [0.15, 0.2) is 77.7 Å². The Morgan fingerprint density at radius 3 is 2.42 bits per heavy atom. The maximum atomic E-state index is 13.1. The number of carbonyl (C=O) groups excluding carboxylic acids is 1. The Kier molecular flexibility index (Phi) is 6.34. The van der Waals surface area contributed by atoms with Gasteiger partial charge in [0.1, 0.15) is 23.9 Å². The molecular weight excluding hydrogens is 433 g/mol. The number of thioether (sulfide) groups is 1. The molecular formula is C24H18FNO3S2. The predicted octanol–water partition coefficient (Wildman–Crippen LogP) is 5.82. The van der Waals surface area contributed by atoms with Gasteiger partial charge in [0.2, 0.25) is 0 Å². The van der Waals surface area contributed by atoms with Crippen LogP contribution in [0, 0.1) is 5.82 Å². The van der Waals surface area contributed by atoms with Crippen molar-refractivity contribution in [2.45, 2.75) is 6.61 Å². The second-order valence-electron chi connectivity index (χ2n) is 6.64. The highest BCUT2D eigenvalue weighted by molar-refractivity contribution is 8.27. The molecule has 0 saturated carbocycles. The highest BCUT2D eigenvalue weighted by atomic mass is 32.2. The Hall–Kier alpha value is -3.16. The summed E-state index contributed by atoms with van der Waals surface area (Å²) in [5, 5.41) is 0. The molecule has 0 unspecified atom stereocenters. The minimum absolute atomic E-state index is 0.215. The average Bonchev–Trinajstić information content (AvgIpc) is 3.06. The highest BCUT2D eigenvalue weighted by Crippen LogP contribution is 2.40. The molecule has 0 aliphatic carbocycles. The Morgan fingerprint density at radius 2 is 1.68 bits per heavy atom. The largest absolute Gasteiger partial charge is 0.495 e. The van der Waals surface area contributed by atoms with Crippen molar-refractivity contribution in [3.05, 3.63) is 94.6 Å². The number of halogens is 1. The van der Waals surface area contributed by atoms with Crippen LogP contribution < -0.4 is 14.4 Å². The number of carbonyl (C=O) groups is 1. The van der Waals surface area contributed by atoms with E-state index in [1.807, 2.05) is 36.4 Å². The lowest BCUT2D eigenvalue weighted by atomic mass is 10.1. The number of hydrogen-bond donors (Lipinski definition) is 0. The van der Waals surface area contributed by atoms with E-state index >= 15 is 0 Å². The SMILES string of the molecule is COc1ccccc1N1C(=O)/C(=C\c2ccccc2OCc2ccc(F)cc2)SC1=S. The van der Waals surface area contributed by atoms with Gasteiger partial charge < -0.3 is 9.47 Å². The van der Waals surface area contributed by atoms with Crippen molar-refractivity contribution < 1.29 is 18.7 Å². The third kappa shape index (κ3) is 4.62. The zero-order valence-electron chi connectivity index (χ0n) is 16.6. The van der Waals surface area contributed by atoms with E-state index in [1.54, 1.807) is 37.5 Å². The number of hydrogen-bond acceptors (Lipinski definition) is 5. The molecule has 31 heavy (non-hydrogen) atoms. The molecule has 3 aromatic rings. The van der Waals surface area contributed by atoms with Crippen molar-refractivity contribution in [3.8, 4) is 11.5 Å². The molecule has 4 rings (SSSR count). The maximum Gasteiger partial charge on any atom is 0.270 e. The zero-order valence-corrected chi connectivity index (χ0v) is 18.2. The van der Waals surface area contributed by atoms with Crippen molar-refractivity contribution in [1.82, 2.24) is 0 Å². The van der Waals surface area contributed by atoms with E-state index in [9.17, 15) is 9.18 Å². The van der Waals surface area contributed by atoms with Crippen molar-refractivity contribution in [3.63, 3.8) is 0 Å². The van der Waals surface area contributed by atoms with Crippen LogP contribution in [-0.4, -0.2) is 17.3 Å². The number of thiocarbonyl (C=S) groups is 1. The monoisotopic (exact) mass is 451 g/mol. The second-order valence-corrected chi connectivity index (χ2v) is 8.32. The van der Waals surface area contributed by atoms with Crippen LogP contribution in [0.3, 0.4) is 0 Å². The molecule has 0 radical (unpaired) electrons. The van der Waals surface area contributed by atoms with E-state index in [2.05, 4.69) is 0 Å². The van der Waals surface area contributed by atoms with Crippen molar-refractivity contribution in [2.24, 2.45) is 0 Å². The standard InChI is InChI=1S/C24H18FNO3S2/c1-28-21-9-5-3-7-19(21)26-23(27)22(31-24(26)30)14-17-6-2-4-8-20(17)29-15-16-10-12-18(25)13-11-16/h2-14H,15H2,1H3/b22-14+. The Morgan fingerprint density at radius 1 is 1.00 bits per heavy atom. The quantitative estimate of drug-likeness (QED) is 0.349. The van der Waals surface area contributed by atoms with Crippen LogP contribution in [0.25, 0.3) is 6.08 Å². The van der Waals surface area contributed by atoms with Crippen LogP contribution in [0.4, 0.5) is 10.1 Å². The molecule has 156 valence electrons. The number of anilines is 1. The van der Waals surface area contributed by atoms with Gasteiger partial charge in [0, 0.05) is 5.56 Å². The number of para-hydroxylation sites is 3. The van der Waals surface area contributed by atoms with Gasteiger partial charge in [-0.25, -0.2) is 4.39 Å². The number of rotatable bonds is 6. The number of ether oxygens (including phenoxy) is 2. The lowest BCUT2D eigenvalue weighted by Gasteiger charge is -2.17. The number of methoxy groups -OCH3 is 1. The molecule has 0 bridgehead atoms. The molecule has 1 heterocycles. The summed E-state index contributed by atoms with van der Waals surface area (Å²) in [5.41, 5.74) is 2.21. The summed E-state index contributed by atoms with van der Waals surface area (Å²) in [6.07, 6.45) is 1.77. The Labute approximate surface area is 189 Å². The molecule has 4 nitrogen and oxygen atoms in total. The fourth-order valence-electron chi connectivity index (χ4n) is 3.10. The summed E-state index contributed by atoms with van der Waals surface area (Å²) >= 11 is 6.70. The van der Waals surface area contributed by atoms with Crippen LogP contribution in [-0.2, 0) is 11.4 Å². The lowest BCUT2D eigenvalue weighted by Crippen LogP contribution is -2.27. The third-order valence-electron chi connectivity index (χ3n) is 4.63. The fourth-order valence-corrected chi connectivity index (χ4v) is 4.38. The number of nitrogens with zero attached hydrogens (tertiary/aromatic N) is 1. The third-order valence-corrected chi connectivity index (χ3v) is 5.94. The van der Waals surface area contributed by atoms with E-state index in [0.717, 1.165) is 11.1 Å². The molecule has 0 aromatic heterocycles. The predicted molar refractivity (Wildman–Crippen MR) is 126 cm³/mol. The summed E-state index contributed by atoms with van der Waals surface area (Å²) in [7, 11) is 1.56. The number of amides is 1. The van der Waals surface area contributed by atoms with Gasteiger partial charge in [0.05, 0.1) is 17.7 Å². The van der Waals surface area contributed by atoms with E-state index < -0.39 is 0 Å². The van der Waals surface area contributed by atoms with Gasteiger partial charge in [0.15, 0.2) is 4.32 Å². The first-order valence-corrected chi connectivity index (χ1v) is 10.7. The molecule has 1 saturated heterocycles. The first-order chi connectivity index (χ1) is 15.1. The highest BCUT2D eigenvalue weighted by Gasteiger charge is 2.35. The zero-order chi connectivity index (χ0) is 21.8. The summed E-state index contributed by atoms with van der Waals surface area (Å²) in [5.74, 6) is 0.687. The molecule has 1 aliphatic heterocycles. The fraction of sp³-hybridized carbons (Fsp3) is 0.0833. The molecule has 1 fully saturated rings. The normalized spacial score (nSPS) is 14.9. The Bertz CT molecular complexity index is 1160. The molecule has 0 atom stereocenters. The molecule has 1 amide bonds. The first kappa shape index (κ1) is 21.1. The molecule has 3 aromatic carbocycles. The first-order valence-electron chi connectivity index (χ1n) is 9.44. The maximum absolute atomic E-state index is 13.1. The van der Waals surface area contributed by atoms with E-state index in [4.69, 9.17) is 21.7 Å². The Balaban J connectivity index is 1.58. The van der Waals surface area contributed by atoms with Gasteiger partial charge >= 0.3 is 0 Å².